The average molecular weight is 703 g/mol. The number of cyclic esters (lactones) is 1. The molecule has 4 N–H and O–H groups in total. The van der Waals surface area contributed by atoms with Crippen molar-refractivity contribution in [1.82, 2.24) is 10.2 Å². The first-order valence-corrected chi connectivity index (χ1v) is 18.6. The Morgan fingerprint density at radius 3 is 2.18 bits per heavy atom. The van der Waals surface area contributed by atoms with Gasteiger partial charge in [-0.2, -0.15) is 0 Å². The molecule has 10 unspecified atom stereocenters. The van der Waals surface area contributed by atoms with Gasteiger partial charge in [-0.15, -0.1) is 0 Å². The number of aliphatic hydroxyl groups is 3. The van der Waals surface area contributed by atoms with Crippen LogP contribution >= 0.6 is 0 Å². The van der Waals surface area contributed by atoms with E-state index in [2.05, 4.69) is 17.1 Å². The van der Waals surface area contributed by atoms with E-state index in [0.29, 0.717) is 25.8 Å². The number of aliphatic hydroxyl groups excluding tert-OH is 2. The fraction of sp³-hybridized carbons (Fsp3) is 0.973. The molecule has 3 saturated heterocycles. The quantitative estimate of drug-likeness (QED) is 0.288. The van der Waals surface area contributed by atoms with E-state index in [0.717, 1.165) is 6.42 Å². The Morgan fingerprint density at radius 2 is 1.59 bits per heavy atom. The van der Waals surface area contributed by atoms with Crippen LogP contribution in [-0.4, -0.2) is 133 Å². The number of rotatable bonds is 7. The van der Waals surface area contributed by atoms with Gasteiger partial charge in [0.2, 0.25) is 0 Å². The molecule has 3 fully saturated rings. The van der Waals surface area contributed by atoms with Crippen molar-refractivity contribution in [3.63, 3.8) is 0 Å². The number of esters is 1. The molecule has 0 bridgehead atoms. The first kappa shape index (κ1) is 42.5. The van der Waals surface area contributed by atoms with Gasteiger partial charge in [0.25, 0.3) is 0 Å². The van der Waals surface area contributed by atoms with Gasteiger partial charge >= 0.3 is 5.97 Å². The van der Waals surface area contributed by atoms with E-state index in [4.69, 9.17) is 28.4 Å². The predicted molar refractivity (Wildman–Crippen MR) is 187 cm³/mol. The van der Waals surface area contributed by atoms with Gasteiger partial charge < -0.3 is 54.0 Å². The van der Waals surface area contributed by atoms with E-state index < -0.39 is 78.2 Å². The summed E-state index contributed by atoms with van der Waals surface area (Å²) in [6, 6.07) is -0.0350. The molecule has 0 aliphatic carbocycles. The smallest absolute Gasteiger partial charge is 0.311 e. The van der Waals surface area contributed by atoms with Gasteiger partial charge in [-0.1, -0.05) is 27.7 Å². The minimum atomic E-state index is -1.37. The largest absolute Gasteiger partial charge is 0.462 e. The Morgan fingerprint density at radius 1 is 0.939 bits per heavy atom. The van der Waals surface area contributed by atoms with Crippen LogP contribution in [0.25, 0.3) is 0 Å². The Kier molecular flexibility index (Phi) is 15.4. The van der Waals surface area contributed by atoms with Crippen molar-refractivity contribution >= 4 is 5.97 Å². The number of nitrogens with zero attached hydrogens (tertiary/aromatic N) is 1. The summed E-state index contributed by atoms with van der Waals surface area (Å²) in [5.74, 6) is -2.16. The maximum Gasteiger partial charge on any atom is 0.311 e. The lowest BCUT2D eigenvalue weighted by Gasteiger charge is -2.48. The van der Waals surface area contributed by atoms with E-state index >= 15 is 0 Å². The molecule has 0 aromatic heterocycles. The zero-order chi connectivity index (χ0) is 37.0. The van der Waals surface area contributed by atoms with Crippen LogP contribution in [0.5, 0.6) is 0 Å². The van der Waals surface area contributed by atoms with Gasteiger partial charge in [0.15, 0.2) is 12.6 Å². The Bertz CT molecular complexity index is 1030. The highest BCUT2D eigenvalue weighted by molar-refractivity contribution is 5.73. The number of methoxy groups -OCH3 is 1. The van der Waals surface area contributed by atoms with Crippen molar-refractivity contribution in [3.8, 4) is 0 Å². The van der Waals surface area contributed by atoms with Crippen LogP contribution in [0.2, 0.25) is 0 Å². The van der Waals surface area contributed by atoms with Crippen LogP contribution in [0.3, 0.4) is 0 Å². The number of hydrogen-bond donors (Lipinski definition) is 4. The summed E-state index contributed by atoms with van der Waals surface area (Å²) in [5, 5.41) is 38.0. The molecule has 0 spiro atoms. The van der Waals surface area contributed by atoms with E-state index in [1.54, 1.807) is 27.9 Å². The summed E-state index contributed by atoms with van der Waals surface area (Å²) < 4.78 is 38.0. The Labute approximate surface area is 295 Å². The monoisotopic (exact) mass is 703 g/mol. The van der Waals surface area contributed by atoms with E-state index in [9.17, 15) is 20.1 Å². The Hall–Kier alpha value is -0.930. The molecule has 3 aliphatic heterocycles. The number of carbonyl (C=O) groups is 1. The fourth-order valence-corrected chi connectivity index (χ4v) is 8.25. The fourth-order valence-electron chi connectivity index (χ4n) is 8.25. The maximum absolute atomic E-state index is 14.1. The van der Waals surface area contributed by atoms with Gasteiger partial charge in [0.05, 0.1) is 47.6 Å². The molecule has 3 heterocycles. The number of ether oxygens (including phenoxy) is 6. The summed E-state index contributed by atoms with van der Waals surface area (Å²) >= 11 is 0. The summed E-state index contributed by atoms with van der Waals surface area (Å²) in [6.07, 6.45) is -3.28. The van der Waals surface area contributed by atoms with Crippen LogP contribution < -0.4 is 5.32 Å². The highest BCUT2D eigenvalue weighted by atomic mass is 16.7. The highest BCUT2D eigenvalue weighted by Crippen LogP contribution is 2.39. The summed E-state index contributed by atoms with van der Waals surface area (Å²) in [4.78, 5) is 16.3. The summed E-state index contributed by atoms with van der Waals surface area (Å²) in [7, 11) is 5.65. The van der Waals surface area contributed by atoms with Gasteiger partial charge in [0, 0.05) is 43.9 Å². The van der Waals surface area contributed by atoms with Crippen molar-refractivity contribution in [2.75, 3.05) is 27.7 Å². The Balaban J connectivity index is 2.09. The van der Waals surface area contributed by atoms with Crippen molar-refractivity contribution in [1.29, 1.82) is 0 Å². The lowest BCUT2D eigenvalue weighted by atomic mass is 9.77. The SMILES string of the molecule is CC[C@@H]1OC(=O)C(C)[C@H](OC2CC(C)(OC)[C@H](O)C(C)O2)C(C)C(O[C@H]2C[C@@H](N(C)C)CC(C)O2)C(C)(O)CC(C)CNC(C)[C@@H](O)[C@@H]1C. The molecule has 0 saturated carbocycles. The second-order valence-electron chi connectivity index (χ2n) is 16.3. The van der Waals surface area contributed by atoms with Crippen LogP contribution in [0.15, 0.2) is 0 Å². The molecule has 0 amide bonds. The van der Waals surface area contributed by atoms with Crippen molar-refractivity contribution in [2.45, 2.75) is 180 Å². The summed E-state index contributed by atoms with van der Waals surface area (Å²) in [6.45, 7) is 19.5. The van der Waals surface area contributed by atoms with Crippen LogP contribution in [-0.2, 0) is 33.2 Å². The van der Waals surface area contributed by atoms with Gasteiger partial charge in [0.1, 0.15) is 12.2 Å². The van der Waals surface area contributed by atoms with E-state index in [-0.39, 0.29) is 36.4 Å². The molecule has 3 rings (SSSR count). The molecule has 3 aliphatic rings. The minimum absolute atomic E-state index is 0.00665. The van der Waals surface area contributed by atoms with Crippen molar-refractivity contribution in [2.24, 2.45) is 23.7 Å². The van der Waals surface area contributed by atoms with Crippen LogP contribution in [0.4, 0.5) is 0 Å². The summed E-state index contributed by atoms with van der Waals surface area (Å²) in [5.41, 5.74) is -2.32. The zero-order valence-electron chi connectivity index (χ0n) is 32.5. The average Bonchev–Trinajstić information content (AvgIpc) is 3.03. The highest BCUT2D eigenvalue weighted by Gasteiger charge is 2.50. The molecule has 17 atom stereocenters. The standard InChI is InChI=1S/C37H70N2O10/c1-14-28-22(4)31(40)25(7)38-19-20(2)17-36(9,43)34(49-29-16-27(39(11)12)15-21(3)45-29)23(5)32(24(6)35(42)47-28)48-30-18-37(10,44-13)33(41)26(8)46-30/h20-34,38,40-41,43H,14-19H2,1-13H3/t20?,21?,22-,23?,24?,25?,26?,27+,28+,29+,30?,31+,32-,33-,34?,36?,37?/m1/s1. The maximum atomic E-state index is 14.1. The number of nitrogens with one attached hydrogen (secondary N) is 1. The van der Waals surface area contributed by atoms with Gasteiger partial charge in [-0.05, 0) is 87.4 Å². The first-order chi connectivity index (χ1) is 22.7. The van der Waals surface area contributed by atoms with Crippen molar-refractivity contribution in [3.05, 3.63) is 0 Å². The molecule has 288 valence electrons. The second kappa shape index (κ2) is 17.7. The molecule has 0 aromatic carbocycles. The van der Waals surface area contributed by atoms with Crippen molar-refractivity contribution < 1.29 is 48.5 Å². The van der Waals surface area contributed by atoms with Gasteiger partial charge in [-0.25, -0.2) is 0 Å². The third kappa shape index (κ3) is 10.6. The number of hydrogen-bond acceptors (Lipinski definition) is 12. The van der Waals surface area contributed by atoms with Crippen LogP contribution in [0, 0.1) is 23.7 Å². The molecule has 49 heavy (non-hydrogen) atoms. The first-order valence-electron chi connectivity index (χ1n) is 18.6. The third-order valence-corrected chi connectivity index (χ3v) is 11.6. The van der Waals surface area contributed by atoms with Gasteiger partial charge in [-0.3, -0.25) is 4.79 Å². The molecular weight excluding hydrogens is 632 g/mol. The third-order valence-electron chi connectivity index (χ3n) is 11.6. The van der Waals surface area contributed by atoms with Crippen LogP contribution in [0.1, 0.15) is 101 Å². The molecule has 0 aromatic rings. The lowest BCUT2D eigenvalue weighted by molar-refractivity contribution is -0.308. The predicted octanol–water partition coefficient (Wildman–Crippen LogP) is 3.47. The molecule has 12 nitrogen and oxygen atoms in total. The molecule has 0 radical (unpaired) electrons. The normalized spacial score (nSPS) is 48.4. The lowest BCUT2D eigenvalue weighted by Crippen LogP contribution is -2.59. The topological polar surface area (TPSA) is 148 Å². The number of carbonyl (C=O) groups excluding carboxylic acids is 1. The minimum Gasteiger partial charge on any atom is -0.462 e. The molecular formula is C37H70N2O10. The van der Waals surface area contributed by atoms with E-state index in [1.807, 2.05) is 55.6 Å². The van der Waals surface area contributed by atoms with E-state index in [1.165, 1.54) is 0 Å². The molecule has 12 heteroatoms. The zero-order valence-corrected chi connectivity index (χ0v) is 32.5. The second-order valence-corrected chi connectivity index (χ2v) is 16.3.